The van der Waals surface area contributed by atoms with Crippen molar-refractivity contribution in [1.29, 1.82) is 0 Å². The van der Waals surface area contributed by atoms with E-state index in [2.05, 4.69) is 13.8 Å². The van der Waals surface area contributed by atoms with Crippen LogP contribution in [0.4, 0.5) is 13.2 Å². The highest BCUT2D eigenvalue weighted by atomic mass is 19.2. The molecule has 1 aliphatic rings. The molecular formula is C35H43F3O2. The predicted molar refractivity (Wildman–Crippen MR) is 157 cm³/mol. The number of rotatable bonds is 14. The van der Waals surface area contributed by atoms with Gasteiger partial charge in [-0.2, -0.15) is 0 Å². The first-order chi connectivity index (χ1) is 19.5. The third-order valence-electron chi connectivity index (χ3n) is 7.90. The van der Waals surface area contributed by atoms with E-state index in [1.807, 2.05) is 6.07 Å². The van der Waals surface area contributed by atoms with E-state index in [9.17, 15) is 4.39 Å². The van der Waals surface area contributed by atoms with Crippen LogP contribution in [0.3, 0.4) is 0 Å². The third-order valence-corrected chi connectivity index (χ3v) is 7.90. The number of halogens is 3. The van der Waals surface area contributed by atoms with Crippen molar-refractivity contribution in [2.75, 3.05) is 13.2 Å². The average Bonchev–Trinajstić information content (AvgIpc) is 2.97. The number of ether oxygens (including phenoxy) is 2. The van der Waals surface area contributed by atoms with E-state index in [-0.39, 0.29) is 11.4 Å². The lowest BCUT2D eigenvalue weighted by Crippen LogP contribution is -2.27. The molecule has 0 N–H and O–H groups in total. The number of aryl methyl sites for hydroxylation is 1. The van der Waals surface area contributed by atoms with Gasteiger partial charge in [0.25, 0.3) is 0 Å². The van der Waals surface area contributed by atoms with Gasteiger partial charge in [-0.25, -0.2) is 13.2 Å². The highest BCUT2D eigenvalue weighted by molar-refractivity contribution is 5.71. The van der Waals surface area contributed by atoms with Crippen LogP contribution in [-0.4, -0.2) is 13.2 Å². The second-order valence-electron chi connectivity index (χ2n) is 11.1. The number of hydrogen-bond donors (Lipinski definition) is 0. The fraction of sp³-hybridized carbons (Fsp3) is 0.486. The molecule has 0 aromatic heterocycles. The minimum Gasteiger partial charge on any atom is -0.348 e. The summed E-state index contributed by atoms with van der Waals surface area (Å²) in [5.74, 6) is -1.59. The van der Waals surface area contributed by atoms with Crippen LogP contribution in [-0.2, 0) is 15.9 Å². The zero-order valence-electron chi connectivity index (χ0n) is 24.0. The van der Waals surface area contributed by atoms with Gasteiger partial charge >= 0.3 is 0 Å². The molecule has 1 aliphatic heterocycles. The Kier molecular flexibility index (Phi) is 11.7. The van der Waals surface area contributed by atoms with E-state index in [0.29, 0.717) is 53.4 Å². The normalized spacial score (nSPS) is 17.3. The molecule has 0 spiro atoms. The van der Waals surface area contributed by atoms with Crippen molar-refractivity contribution < 1.29 is 22.6 Å². The molecule has 216 valence electrons. The highest BCUT2D eigenvalue weighted by Gasteiger charge is 2.24. The summed E-state index contributed by atoms with van der Waals surface area (Å²) in [5, 5.41) is 0. The molecule has 0 atom stereocenters. The lowest BCUT2D eigenvalue weighted by atomic mass is 9.96. The number of unbranched alkanes of at least 4 members (excludes halogenated alkanes) is 7. The Morgan fingerprint density at radius 3 is 1.88 bits per heavy atom. The zero-order chi connectivity index (χ0) is 28.3. The van der Waals surface area contributed by atoms with Crippen LogP contribution in [0.1, 0.15) is 95.5 Å². The Hall–Kier alpha value is -2.63. The van der Waals surface area contributed by atoms with Crippen molar-refractivity contribution in [3.63, 3.8) is 0 Å². The largest absolute Gasteiger partial charge is 0.348 e. The van der Waals surface area contributed by atoms with Gasteiger partial charge in [0, 0.05) is 22.6 Å². The van der Waals surface area contributed by atoms with Crippen LogP contribution >= 0.6 is 0 Å². The monoisotopic (exact) mass is 552 g/mol. The molecule has 0 amide bonds. The fourth-order valence-electron chi connectivity index (χ4n) is 5.51. The smallest absolute Gasteiger partial charge is 0.183 e. The summed E-state index contributed by atoms with van der Waals surface area (Å²) in [4.78, 5) is 0. The number of benzene rings is 3. The second kappa shape index (κ2) is 15.4. The maximum atomic E-state index is 15.1. The van der Waals surface area contributed by atoms with Crippen molar-refractivity contribution in [3.8, 4) is 22.3 Å². The lowest BCUT2D eigenvalue weighted by Gasteiger charge is -2.29. The Morgan fingerprint density at radius 1 is 0.650 bits per heavy atom. The molecule has 4 rings (SSSR count). The zero-order valence-corrected chi connectivity index (χ0v) is 24.0. The van der Waals surface area contributed by atoms with E-state index in [1.54, 1.807) is 42.5 Å². The summed E-state index contributed by atoms with van der Waals surface area (Å²) in [6.07, 6.45) is 11.4. The molecular weight excluding hydrogens is 509 g/mol. The predicted octanol–water partition coefficient (Wildman–Crippen LogP) is 10.6. The van der Waals surface area contributed by atoms with Crippen molar-refractivity contribution in [2.45, 2.75) is 90.8 Å². The van der Waals surface area contributed by atoms with Gasteiger partial charge in [0.05, 0.1) is 13.2 Å². The first-order valence-corrected chi connectivity index (χ1v) is 15.1. The molecule has 2 nitrogen and oxygen atoms in total. The minimum absolute atomic E-state index is 0.215. The molecule has 3 aromatic carbocycles. The summed E-state index contributed by atoms with van der Waals surface area (Å²) in [5.41, 5.74) is 2.94. The topological polar surface area (TPSA) is 18.5 Å². The second-order valence-corrected chi connectivity index (χ2v) is 11.1. The summed E-state index contributed by atoms with van der Waals surface area (Å²) in [6, 6.07) is 15.2. The van der Waals surface area contributed by atoms with Crippen LogP contribution in [0.25, 0.3) is 22.3 Å². The van der Waals surface area contributed by atoms with Gasteiger partial charge in [-0.15, -0.1) is 0 Å². The molecule has 0 unspecified atom stereocenters. The minimum atomic E-state index is -0.825. The van der Waals surface area contributed by atoms with Gasteiger partial charge < -0.3 is 9.47 Å². The maximum Gasteiger partial charge on any atom is 0.183 e. The summed E-state index contributed by atoms with van der Waals surface area (Å²) in [7, 11) is 0. The van der Waals surface area contributed by atoms with Gasteiger partial charge in [0.2, 0.25) is 0 Å². The van der Waals surface area contributed by atoms with Crippen LogP contribution < -0.4 is 0 Å². The van der Waals surface area contributed by atoms with Gasteiger partial charge in [0.1, 0.15) is 5.82 Å². The van der Waals surface area contributed by atoms with Crippen LogP contribution in [0.15, 0.2) is 54.6 Å². The molecule has 1 saturated heterocycles. The molecule has 40 heavy (non-hydrogen) atoms. The van der Waals surface area contributed by atoms with E-state index >= 15 is 8.78 Å². The molecule has 3 aromatic rings. The Bertz CT molecular complexity index is 1200. The Labute approximate surface area is 237 Å². The van der Waals surface area contributed by atoms with Crippen molar-refractivity contribution in [1.82, 2.24) is 0 Å². The van der Waals surface area contributed by atoms with Gasteiger partial charge in [-0.1, -0.05) is 114 Å². The molecule has 0 aliphatic carbocycles. The maximum absolute atomic E-state index is 15.1. The molecule has 1 fully saturated rings. The first-order valence-electron chi connectivity index (χ1n) is 15.1. The van der Waals surface area contributed by atoms with Gasteiger partial charge in [-0.05, 0) is 42.0 Å². The molecule has 1 heterocycles. The summed E-state index contributed by atoms with van der Waals surface area (Å²) < 4.78 is 56.6. The van der Waals surface area contributed by atoms with Crippen LogP contribution in [0.5, 0.6) is 0 Å². The summed E-state index contributed by atoms with van der Waals surface area (Å²) in [6.45, 7) is 5.57. The molecule has 0 radical (unpaired) electrons. The van der Waals surface area contributed by atoms with Crippen molar-refractivity contribution >= 4 is 0 Å². The SMILES string of the molecule is CCCCCCCCCCc1ccc(-c2ccc(-c3ccc(C4OCC(CCC)CO4)cc3F)cc2)c(F)c1F. The average molecular weight is 553 g/mol. The molecule has 5 heteroatoms. The fourth-order valence-corrected chi connectivity index (χ4v) is 5.51. The lowest BCUT2D eigenvalue weighted by molar-refractivity contribution is -0.206. The van der Waals surface area contributed by atoms with Crippen LogP contribution in [0.2, 0.25) is 0 Å². The van der Waals surface area contributed by atoms with Crippen molar-refractivity contribution in [2.24, 2.45) is 5.92 Å². The summed E-state index contributed by atoms with van der Waals surface area (Å²) >= 11 is 0. The first kappa shape index (κ1) is 30.3. The van der Waals surface area contributed by atoms with E-state index in [4.69, 9.17) is 9.47 Å². The Morgan fingerprint density at radius 2 is 1.25 bits per heavy atom. The highest BCUT2D eigenvalue weighted by Crippen LogP contribution is 2.33. The third kappa shape index (κ3) is 7.98. The standard InChI is InChI=1S/C35H43F3O2/c1-3-5-6-7-8-9-10-11-13-28-18-21-31(34(38)33(28)37)27-16-14-26(15-17-27)30-20-19-29(22-32(30)36)35-39-23-25(12-4-2)24-40-35/h14-22,25,35H,3-13,23-24H2,1-2H3. The van der Waals surface area contributed by atoms with Crippen LogP contribution in [0, 0.1) is 23.4 Å². The van der Waals surface area contributed by atoms with E-state index in [0.717, 1.165) is 32.1 Å². The van der Waals surface area contributed by atoms with Gasteiger partial charge in [0.15, 0.2) is 17.9 Å². The molecule has 0 bridgehead atoms. The Balaban J connectivity index is 1.35. The van der Waals surface area contributed by atoms with Crippen molar-refractivity contribution in [3.05, 3.63) is 83.2 Å². The number of hydrogen-bond acceptors (Lipinski definition) is 2. The quantitative estimate of drug-likeness (QED) is 0.185. The van der Waals surface area contributed by atoms with Gasteiger partial charge in [-0.3, -0.25) is 0 Å². The van der Waals surface area contributed by atoms with E-state index < -0.39 is 17.9 Å². The molecule has 0 saturated carbocycles. The van der Waals surface area contributed by atoms with E-state index in [1.165, 1.54) is 38.2 Å².